The minimum atomic E-state index is -0.00474. The third kappa shape index (κ3) is 2.26. The van der Waals surface area contributed by atoms with Crippen molar-refractivity contribution in [3.05, 3.63) is 21.9 Å². The predicted octanol–water partition coefficient (Wildman–Crippen LogP) is 1.34. The van der Waals surface area contributed by atoms with Crippen LogP contribution in [0.25, 0.3) is 0 Å². The fourth-order valence-electron chi connectivity index (χ4n) is 3.00. The van der Waals surface area contributed by atoms with Crippen molar-refractivity contribution in [1.29, 1.82) is 0 Å². The van der Waals surface area contributed by atoms with Crippen LogP contribution >= 0.6 is 11.3 Å². The quantitative estimate of drug-likeness (QED) is 0.660. The van der Waals surface area contributed by atoms with E-state index >= 15 is 0 Å². The fourth-order valence-corrected chi connectivity index (χ4v) is 3.82. The molecule has 2 fully saturated rings. The number of nitrogens with zero attached hydrogens (tertiary/aromatic N) is 1. The number of hydrogen-bond acceptors (Lipinski definition) is 4. The average Bonchev–Trinajstić information content (AvgIpc) is 3.07. The molecular weight excluding hydrogens is 272 g/mol. The molecule has 0 radical (unpaired) electrons. The molecule has 2 amide bonds. The van der Waals surface area contributed by atoms with E-state index in [9.17, 15) is 9.59 Å². The van der Waals surface area contributed by atoms with Crippen molar-refractivity contribution in [2.24, 2.45) is 17.6 Å². The van der Waals surface area contributed by atoms with Gasteiger partial charge in [0.05, 0.1) is 13.1 Å². The van der Waals surface area contributed by atoms with Crippen molar-refractivity contribution >= 4 is 23.2 Å². The van der Waals surface area contributed by atoms with Gasteiger partial charge >= 0.3 is 0 Å². The third-order valence-electron chi connectivity index (χ3n) is 4.04. The van der Waals surface area contributed by atoms with Crippen molar-refractivity contribution in [2.45, 2.75) is 25.8 Å². The number of imide groups is 1. The number of piperidine rings is 1. The first-order valence-corrected chi connectivity index (χ1v) is 7.69. The molecular formula is C15H16N2O2S. The Labute approximate surface area is 121 Å². The van der Waals surface area contributed by atoms with E-state index in [1.807, 2.05) is 11.4 Å². The number of hydrogen-bond donors (Lipinski definition) is 1. The van der Waals surface area contributed by atoms with Crippen LogP contribution in [-0.4, -0.2) is 23.3 Å². The molecule has 0 spiro atoms. The SMILES string of the molecule is NCC#Cc1ccsc1CN1C(=O)C2CCC(C2)C1=O. The van der Waals surface area contributed by atoms with Crippen LogP contribution in [0.5, 0.6) is 0 Å². The first-order chi connectivity index (χ1) is 9.70. The van der Waals surface area contributed by atoms with Crippen LogP contribution in [-0.2, 0) is 16.1 Å². The summed E-state index contributed by atoms with van der Waals surface area (Å²) in [7, 11) is 0. The van der Waals surface area contributed by atoms with Crippen LogP contribution in [0.2, 0.25) is 0 Å². The molecule has 2 bridgehead atoms. The second-order valence-corrected chi connectivity index (χ2v) is 6.23. The lowest BCUT2D eigenvalue weighted by molar-refractivity contribution is -0.153. The molecule has 5 heteroatoms. The van der Waals surface area contributed by atoms with Crippen LogP contribution in [0.1, 0.15) is 29.7 Å². The van der Waals surface area contributed by atoms with Crippen LogP contribution in [0.3, 0.4) is 0 Å². The number of carbonyl (C=O) groups excluding carboxylic acids is 2. The Morgan fingerprint density at radius 3 is 2.65 bits per heavy atom. The standard InChI is InChI=1S/C15H16N2O2S/c16-6-1-2-10-5-7-20-13(10)9-17-14(18)11-3-4-12(8-11)15(17)19/h5,7,11-12H,3-4,6,8-9,16H2. The van der Waals surface area contributed by atoms with Crippen molar-refractivity contribution < 1.29 is 9.59 Å². The van der Waals surface area contributed by atoms with Gasteiger partial charge in [0.25, 0.3) is 0 Å². The van der Waals surface area contributed by atoms with E-state index in [4.69, 9.17) is 5.73 Å². The van der Waals surface area contributed by atoms with Gasteiger partial charge in [0.15, 0.2) is 0 Å². The molecule has 1 aliphatic heterocycles. The molecule has 4 nitrogen and oxygen atoms in total. The van der Waals surface area contributed by atoms with Gasteiger partial charge in [-0.15, -0.1) is 11.3 Å². The van der Waals surface area contributed by atoms with Gasteiger partial charge in [-0.05, 0) is 30.7 Å². The Kier molecular flexibility index (Phi) is 3.60. The summed E-state index contributed by atoms with van der Waals surface area (Å²) in [6.45, 7) is 0.665. The Bertz CT molecular complexity index is 589. The average molecular weight is 288 g/mol. The van der Waals surface area contributed by atoms with E-state index in [0.717, 1.165) is 29.7 Å². The smallest absolute Gasteiger partial charge is 0.232 e. The van der Waals surface area contributed by atoms with E-state index in [2.05, 4.69) is 11.8 Å². The minimum Gasteiger partial charge on any atom is -0.320 e. The minimum absolute atomic E-state index is 0.00474. The Morgan fingerprint density at radius 2 is 2.00 bits per heavy atom. The fraction of sp³-hybridized carbons (Fsp3) is 0.467. The van der Waals surface area contributed by atoms with E-state index < -0.39 is 0 Å². The predicted molar refractivity (Wildman–Crippen MR) is 76.6 cm³/mol. The second kappa shape index (κ2) is 5.39. The second-order valence-electron chi connectivity index (χ2n) is 5.23. The largest absolute Gasteiger partial charge is 0.320 e. The summed E-state index contributed by atoms with van der Waals surface area (Å²) in [6, 6.07) is 1.91. The Morgan fingerprint density at radius 1 is 1.30 bits per heavy atom. The zero-order chi connectivity index (χ0) is 14.1. The summed E-state index contributed by atoms with van der Waals surface area (Å²) >= 11 is 1.53. The van der Waals surface area contributed by atoms with Gasteiger partial charge in [0.2, 0.25) is 11.8 Å². The molecule has 1 aromatic rings. The summed E-state index contributed by atoms with van der Waals surface area (Å²) in [5.74, 6) is 5.91. The van der Waals surface area contributed by atoms with E-state index in [0.29, 0.717) is 13.1 Å². The van der Waals surface area contributed by atoms with Crippen LogP contribution in [0.4, 0.5) is 0 Å². The zero-order valence-electron chi connectivity index (χ0n) is 11.1. The normalized spacial score (nSPS) is 24.8. The zero-order valence-corrected chi connectivity index (χ0v) is 11.9. The van der Waals surface area contributed by atoms with Gasteiger partial charge in [-0.25, -0.2) is 0 Å². The first-order valence-electron chi connectivity index (χ1n) is 6.81. The third-order valence-corrected chi connectivity index (χ3v) is 4.94. The number of thiophene rings is 1. The van der Waals surface area contributed by atoms with Gasteiger partial charge in [0, 0.05) is 22.3 Å². The maximum atomic E-state index is 12.3. The maximum Gasteiger partial charge on any atom is 0.232 e. The van der Waals surface area contributed by atoms with Gasteiger partial charge < -0.3 is 5.73 Å². The Balaban J connectivity index is 1.82. The highest BCUT2D eigenvalue weighted by atomic mass is 32.1. The molecule has 2 unspecified atom stereocenters. The van der Waals surface area contributed by atoms with E-state index in [1.165, 1.54) is 16.2 Å². The molecule has 2 heterocycles. The number of rotatable bonds is 2. The van der Waals surface area contributed by atoms with Gasteiger partial charge in [0.1, 0.15) is 0 Å². The van der Waals surface area contributed by atoms with Crippen LogP contribution in [0, 0.1) is 23.7 Å². The van der Waals surface area contributed by atoms with Crippen LogP contribution in [0.15, 0.2) is 11.4 Å². The molecule has 0 aromatic carbocycles. The van der Waals surface area contributed by atoms with Gasteiger partial charge in [-0.2, -0.15) is 0 Å². The topological polar surface area (TPSA) is 63.4 Å². The van der Waals surface area contributed by atoms with Crippen molar-refractivity contribution in [3.8, 4) is 11.8 Å². The molecule has 1 saturated heterocycles. The van der Waals surface area contributed by atoms with Crippen LogP contribution < -0.4 is 5.73 Å². The maximum absolute atomic E-state index is 12.3. The molecule has 104 valence electrons. The number of amides is 2. The monoisotopic (exact) mass is 288 g/mol. The molecule has 20 heavy (non-hydrogen) atoms. The van der Waals surface area contributed by atoms with Gasteiger partial charge in [-0.1, -0.05) is 11.8 Å². The van der Waals surface area contributed by atoms with Crippen molar-refractivity contribution in [1.82, 2.24) is 4.90 Å². The molecule has 1 saturated carbocycles. The van der Waals surface area contributed by atoms with E-state index in [-0.39, 0.29) is 23.7 Å². The summed E-state index contributed by atoms with van der Waals surface area (Å²) in [4.78, 5) is 27.0. The number of likely N-dealkylation sites (tertiary alicyclic amines) is 1. The highest BCUT2D eigenvalue weighted by Crippen LogP contribution is 2.39. The lowest BCUT2D eigenvalue weighted by Gasteiger charge is -2.29. The molecule has 1 aliphatic carbocycles. The molecule has 2 N–H and O–H groups in total. The molecule has 2 atom stereocenters. The highest BCUT2D eigenvalue weighted by Gasteiger charge is 2.45. The lowest BCUT2D eigenvalue weighted by atomic mass is 9.97. The Hall–Kier alpha value is -1.64. The van der Waals surface area contributed by atoms with Crippen molar-refractivity contribution in [3.63, 3.8) is 0 Å². The van der Waals surface area contributed by atoms with Crippen molar-refractivity contribution in [2.75, 3.05) is 6.54 Å². The first kappa shape index (κ1) is 13.3. The molecule has 3 rings (SSSR count). The summed E-state index contributed by atoms with van der Waals surface area (Å²) in [5, 5.41) is 1.93. The number of fused-ring (bicyclic) bond motifs is 2. The molecule has 2 aliphatic rings. The van der Waals surface area contributed by atoms with Gasteiger partial charge in [-0.3, -0.25) is 14.5 Å². The summed E-state index contributed by atoms with van der Waals surface area (Å²) in [6.07, 6.45) is 2.46. The summed E-state index contributed by atoms with van der Waals surface area (Å²) in [5.41, 5.74) is 6.25. The molecule has 1 aromatic heterocycles. The number of nitrogens with two attached hydrogens (primary N) is 1. The summed E-state index contributed by atoms with van der Waals surface area (Å²) < 4.78 is 0. The number of carbonyl (C=O) groups is 2. The van der Waals surface area contributed by atoms with E-state index in [1.54, 1.807) is 0 Å². The highest BCUT2D eigenvalue weighted by molar-refractivity contribution is 7.10. The lowest BCUT2D eigenvalue weighted by Crippen LogP contribution is -2.45.